The van der Waals surface area contributed by atoms with Crippen LogP contribution >= 0.6 is 0 Å². The van der Waals surface area contributed by atoms with E-state index in [1.54, 1.807) is 6.07 Å². The van der Waals surface area contributed by atoms with Crippen LogP contribution in [0.3, 0.4) is 0 Å². The van der Waals surface area contributed by atoms with Gasteiger partial charge in [-0.25, -0.2) is 0 Å². The Bertz CT molecular complexity index is 1460. The number of amides is 2. The minimum atomic E-state index is -0.424. The van der Waals surface area contributed by atoms with E-state index in [9.17, 15) is 9.59 Å². The topological polar surface area (TPSA) is 75.4 Å². The molecule has 0 aromatic heterocycles. The van der Waals surface area contributed by atoms with Crippen LogP contribution in [0.5, 0.6) is 0 Å². The number of primary amides is 1. The summed E-state index contributed by atoms with van der Waals surface area (Å²) < 4.78 is 0. The molecule has 1 aliphatic rings. The van der Waals surface area contributed by atoms with Crippen molar-refractivity contribution in [2.75, 3.05) is 11.4 Å². The van der Waals surface area contributed by atoms with E-state index in [0.29, 0.717) is 11.1 Å². The zero-order valence-electron chi connectivity index (χ0n) is 21.9. The van der Waals surface area contributed by atoms with Gasteiger partial charge in [0.1, 0.15) is 0 Å². The number of hydrogen-bond acceptors (Lipinski definition) is 3. The highest BCUT2D eigenvalue weighted by atomic mass is 16.2. The Kier molecular flexibility index (Phi) is 7.27. The van der Waals surface area contributed by atoms with Gasteiger partial charge in [0.25, 0.3) is 5.91 Å². The van der Waals surface area contributed by atoms with Crippen molar-refractivity contribution in [2.24, 2.45) is 5.73 Å². The number of aryl methyl sites for hydroxylation is 2. The van der Waals surface area contributed by atoms with Crippen molar-refractivity contribution in [2.45, 2.75) is 39.3 Å². The molecule has 1 atom stereocenters. The summed E-state index contributed by atoms with van der Waals surface area (Å²) in [6.07, 6.45) is 2.01. The van der Waals surface area contributed by atoms with Gasteiger partial charge in [-0.2, -0.15) is 0 Å². The number of rotatable bonds is 7. The molecule has 0 saturated carbocycles. The van der Waals surface area contributed by atoms with E-state index in [4.69, 9.17) is 5.73 Å². The molecule has 0 saturated heterocycles. The molecule has 5 rings (SSSR count). The quantitative estimate of drug-likeness (QED) is 0.315. The lowest BCUT2D eigenvalue weighted by Crippen LogP contribution is -2.30. The summed E-state index contributed by atoms with van der Waals surface area (Å²) in [4.78, 5) is 27.2. The first-order valence-electron chi connectivity index (χ1n) is 13.1. The Hall–Kier alpha value is -4.38. The van der Waals surface area contributed by atoms with Crippen molar-refractivity contribution in [3.05, 3.63) is 124 Å². The normalized spacial score (nSPS) is 13.5. The van der Waals surface area contributed by atoms with Gasteiger partial charge in [0.2, 0.25) is 5.91 Å². The highest BCUT2D eigenvalue weighted by molar-refractivity contribution is 5.99. The summed E-state index contributed by atoms with van der Waals surface area (Å²) in [6.45, 7) is 5.82. The van der Waals surface area contributed by atoms with Crippen LogP contribution in [0.15, 0.2) is 91.0 Å². The highest BCUT2D eigenvalue weighted by Gasteiger charge is 2.20. The molecule has 1 heterocycles. The molecule has 5 heteroatoms. The molecule has 0 spiro atoms. The minimum Gasteiger partial charge on any atom is -0.367 e. The lowest BCUT2D eigenvalue weighted by atomic mass is 9.96. The monoisotopic (exact) mass is 503 g/mol. The van der Waals surface area contributed by atoms with Crippen molar-refractivity contribution in [3.63, 3.8) is 0 Å². The van der Waals surface area contributed by atoms with Crippen LogP contribution in [0.2, 0.25) is 0 Å². The molecule has 5 nitrogen and oxygen atoms in total. The van der Waals surface area contributed by atoms with Gasteiger partial charge >= 0.3 is 0 Å². The first kappa shape index (κ1) is 25.3. The first-order chi connectivity index (χ1) is 18.4. The SMILES string of the molecule is Cc1ccc([C@H](C)NC(=O)c2ccc3c(c2)CCCN3Cc2ccc(-c3ccccc3C(N)=O)cc2)cc1. The maximum absolute atomic E-state index is 13.0. The predicted octanol–water partition coefficient (Wildman–Crippen LogP) is 6.20. The van der Waals surface area contributed by atoms with E-state index >= 15 is 0 Å². The van der Waals surface area contributed by atoms with Gasteiger partial charge in [-0.3, -0.25) is 9.59 Å². The van der Waals surface area contributed by atoms with E-state index in [-0.39, 0.29) is 11.9 Å². The fourth-order valence-electron chi connectivity index (χ4n) is 5.16. The standard InChI is InChI=1S/C33H33N3O2/c1-22-9-13-25(14-10-22)23(2)35-33(38)28-17-18-31-27(20-28)6-5-19-36(31)21-24-11-15-26(16-12-24)29-7-3-4-8-30(29)32(34)37/h3-4,7-18,20,23H,5-6,19,21H2,1-2H3,(H2,34,37)(H,35,38)/t23-/m0/s1. The third-order valence-electron chi connectivity index (χ3n) is 7.31. The molecular formula is C33H33N3O2. The smallest absolute Gasteiger partial charge is 0.251 e. The number of anilines is 1. The fourth-order valence-corrected chi connectivity index (χ4v) is 5.16. The van der Waals surface area contributed by atoms with Crippen LogP contribution in [0.1, 0.15) is 62.4 Å². The van der Waals surface area contributed by atoms with Gasteiger partial charge in [-0.05, 0) is 78.8 Å². The van der Waals surface area contributed by atoms with Gasteiger partial charge in [0.15, 0.2) is 0 Å². The molecule has 4 aromatic carbocycles. The van der Waals surface area contributed by atoms with Crippen LogP contribution in [0.25, 0.3) is 11.1 Å². The van der Waals surface area contributed by atoms with Gasteiger partial charge in [-0.1, -0.05) is 72.3 Å². The maximum atomic E-state index is 13.0. The van der Waals surface area contributed by atoms with E-state index in [1.165, 1.54) is 22.4 Å². The summed E-state index contributed by atoms with van der Waals surface area (Å²) in [5, 5.41) is 3.14. The molecule has 4 aromatic rings. The second-order valence-electron chi connectivity index (χ2n) is 10.1. The number of nitrogens with two attached hydrogens (primary N) is 1. The lowest BCUT2D eigenvalue weighted by Gasteiger charge is -2.32. The van der Waals surface area contributed by atoms with Gasteiger partial charge in [0.05, 0.1) is 6.04 Å². The number of benzene rings is 4. The highest BCUT2D eigenvalue weighted by Crippen LogP contribution is 2.30. The first-order valence-corrected chi connectivity index (χ1v) is 13.1. The van der Waals surface area contributed by atoms with E-state index in [0.717, 1.165) is 42.6 Å². The van der Waals surface area contributed by atoms with Gasteiger partial charge in [0, 0.05) is 29.9 Å². The molecule has 192 valence electrons. The van der Waals surface area contributed by atoms with Crippen LogP contribution in [-0.4, -0.2) is 18.4 Å². The molecule has 0 bridgehead atoms. The fraction of sp³-hybridized carbons (Fsp3) is 0.212. The summed E-state index contributed by atoms with van der Waals surface area (Å²) in [7, 11) is 0. The number of nitrogens with zero attached hydrogens (tertiary/aromatic N) is 1. The van der Waals surface area contributed by atoms with Gasteiger partial charge < -0.3 is 16.0 Å². The Balaban J connectivity index is 1.29. The third kappa shape index (κ3) is 5.47. The summed E-state index contributed by atoms with van der Waals surface area (Å²) in [5.41, 5.74) is 14.5. The number of nitrogens with one attached hydrogen (secondary N) is 1. The molecule has 1 aliphatic heterocycles. The molecule has 38 heavy (non-hydrogen) atoms. The number of fused-ring (bicyclic) bond motifs is 1. The summed E-state index contributed by atoms with van der Waals surface area (Å²) in [6, 6.07) is 30.0. The second kappa shape index (κ2) is 10.9. The Morgan fingerprint density at radius 2 is 1.68 bits per heavy atom. The average Bonchev–Trinajstić information content (AvgIpc) is 2.93. The predicted molar refractivity (Wildman–Crippen MR) is 153 cm³/mol. The summed E-state index contributed by atoms with van der Waals surface area (Å²) in [5.74, 6) is -0.475. The minimum absolute atomic E-state index is 0.0511. The van der Waals surface area contributed by atoms with Crippen LogP contribution in [0, 0.1) is 6.92 Å². The Morgan fingerprint density at radius 1 is 0.947 bits per heavy atom. The zero-order chi connectivity index (χ0) is 26.6. The van der Waals surface area contributed by atoms with E-state index in [1.807, 2.05) is 49.4 Å². The lowest BCUT2D eigenvalue weighted by molar-refractivity contribution is 0.0938. The van der Waals surface area contributed by atoms with E-state index < -0.39 is 5.91 Å². The maximum Gasteiger partial charge on any atom is 0.251 e. The number of hydrogen-bond donors (Lipinski definition) is 2. The average molecular weight is 504 g/mol. The number of carbonyl (C=O) groups excluding carboxylic acids is 2. The largest absolute Gasteiger partial charge is 0.367 e. The Morgan fingerprint density at radius 3 is 2.42 bits per heavy atom. The molecule has 0 unspecified atom stereocenters. The third-order valence-corrected chi connectivity index (χ3v) is 7.31. The second-order valence-corrected chi connectivity index (χ2v) is 10.1. The zero-order valence-corrected chi connectivity index (χ0v) is 21.9. The Labute approximate surface area is 224 Å². The van der Waals surface area contributed by atoms with Crippen LogP contribution < -0.4 is 16.0 Å². The van der Waals surface area contributed by atoms with Crippen molar-refractivity contribution >= 4 is 17.5 Å². The summed E-state index contributed by atoms with van der Waals surface area (Å²) >= 11 is 0. The molecule has 3 N–H and O–H groups in total. The molecule has 2 amide bonds. The molecular weight excluding hydrogens is 470 g/mol. The molecule has 0 aliphatic carbocycles. The molecule has 0 radical (unpaired) electrons. The van der Waals surface area contributed by atoms with Crippen LogP contribution in [-0.2, 0) is 13.0 Å². The van der Waals surface area contributed by atoms with Crippen molar-refractivity contribution in [1.29, 1.82) is 0 Å². The van der Waals surface area contributed by atoms with Gasteiger partial charge in [-0.15, -0.1) is 0 Å². The van der Waals surface area contributed by atoms with E-state index in [2.05, 4.69) is 59.6 Å². The van der Waals surface area contributed by atoms with Crippen molar-refractivity contribution in [1.82, 2.24) is 5.32 Å². The van der Waals surface area contributed by atoms with Crippen LogP contribution in [0.4, 0.5) is 5.69 Å². The number of carbonyl (C=O) groups is 2. The molecule has 0 fully saturated rings. The van der Waals surface area contributed by atoms with Crippen molar-refractivity contribution in [3.8, 4) is 11.1 Å². The van der Waals surface area contributed by atoms with Crippen molar-refractivity contribution < 1.29 is 9.59 Å².